The Hall–Kier alpha value is -2.83. The highest BCUT2D eigenvalue weighted by molar-refractivity contribution is 7.95. The number of sulfonamides is 1. The Bertz CT molecular complexity index is 1280. The molecule has 2 saturated heterocycles. The predicted molar refractivity (Wildman–Crippen MR) is 125 cm³/mol. The number of nitrogens with zero attached hydrogens (tertiary/aromatic N) is 4. The van der Waals surface area contributed by atoms with Gasteiger partial charge >= 0.3 is 6.18 Å². The molecular weight excluding hydrogens is 495 g/mol. The molecule has 1 amide bonds. The van der Waals surface area contributed by atoms with Gasteiger partial charge in [-0.3, -0.25) is 9.78 Å². The smallest absolute Gasteiger partial charge is 0.416 e. The van der Waals surface area contributed by atoms with Gasteiger partial charge in [0.2, 0.25) is 5.91 Å². The van der Waals surface area contributed by atoms with E-state index in [1.807, 2.05) is 6.07 Å². The van der Waals surface area contributed by atoms with E-state index in [1.165, 1.54) is 0 Å². The second-order valence-electron chi connectivity index (χ2n) is 9.37. The van der Waals surface area contributed by atoms with Crippen molar-refractivity contribution in [3.05, 3.63) is 54.1 Å². The van der Waals surface area contributed by atoms with E-state index in [1.54, 1.807) is 17.3 Å². The first-order valence-corrected chi connectivity index (χ1v) is 13.3. The fourth-order valence-electron chi connectivity index (χ4n) is 5.07. The van der Waals surface area contributed by atoms with Crippen LogP contribution in [-0.2, 0) is 25.6 Å². The molecule has 3 atom stereocenters. The number of imidazole rings is 1. The van der Waals surface area contributed by atoms with Crippen LogP contribution in [-0.4, -0.2) is 60.8 Å². The van der Waals surface area contributed by atoms with E-state index in [0.29, 0.717) is 32.0 Å². The molecule has 1 aromatic carbocycles. The number of aromatic amines is 1. The lowest BCUT2D eigenvalue weighted by Gasteiger charge is -2.38. The topological polar surface area (TPSA) is 105 Å². The van der Waals surface area contributed by atoms with Gasteiger partial charge < -0.3 is 14.4 Å². The average molecular weight is 522 g/mol. The zero-order chi connectivity index (χ0) is 25.5. The minimum Gasteiger partial charge on any atom is -0.593 e. The first-order valence-electron chi connectivity index (χ1n) is 11.9. The number of H-pyrrole nitrogens is 1. The molecule has 0 bridgehead atoms. The number of aromatic nitrogens is 3. The lowest BCUT2D eigenvalue weighted by molar-refractivity contribution is -0.138. The van der Waals surface area contributed by atoms with E-state index in [9.17, 15) is 26.7 Å². The number of hydrogen-bond acceptors (Lipinski definition) is 5. The summed E-state index contributed by atoms with van der Waals surface area (Å²) in [6.07, 6.45) is 1.40. The summed E-state index contributed by atoms with van der Waals surface area (Å²) in [6, 6.07) is 5.56. The molecule has 0 saturated carbocycles. The van der Waals surface area contributed by atoms with Crippen LogP contribution in [0.3, 0.4) is 0 Å². The summed E-state index contributed by atoms with van der Waals surface area (Å²) in [5, 5.41) is 0. The van der Waals surface area contributed by atoms with Crippen LogP contribution in [0.15, 0.2) is 47.6 Å². The number of pyridine rings is 1. The SMILES string of the molecule is O=C(C1CCCN([S+](=O)([O-])c2cccc(C(F)(F)F)c2)C1)N1CCCC(c2nc3ccncc3[nH]2)C1. The Balaban J connectivity index is 1.29. The highest BCUT2D eigenvalue weighted by Crippen LogP contribution is 2.34. The number of benzene rings is 1. The number of hydrogen-bond donors (Lipinski definition) is 1. The number of nitrogens with one attached hydrogen (secondary N) is 1. The van der Waals surface area contributed by atoms with Crippen LogP contribution in [0, 0.1) is 5.92 Å². The molecule has 3 aromatic rings. The summed E-state index contributed by atoms with van der Waals surface area (Å²) in [5.74, 6) is 0.163. The molecule has 8 nitrogen and oxygen atoms in total. The molecule has 36 heavy (non-hydrogen) atoms. The van der Waals surface area contributed by atoms with E-state index in [0.717, 1.165) is 52.2 Å². The Morgan fingerprint density at radius 1 is 1.14 bits per heavy atom. The van der Waals surface area contributed by atoms with Gasteiger partial charge in [-0.2, -0.15) is 13.2 Å². The van der Waals surface area contributed by atoms with Gasteiger partial charge in [-0.05, 0) is 43.9 Å². The number of fused-ring (bicyclic) bond motifs is 1. The Morgan fingerprint density at radius 3 is 2.72 bits per heavy atom. The van der Waals surface area contributed by atoms with Crippen LogP contribution in [0.25, 0.3) is 11.0 Å². The number of carbonyl (C=O) groups is 1. The van der Waals surface area contributed by atoms with E-state index < -0.39 is 33.0 Å². The summed E-state index contributed by atoms with van der Waals surface area (Å²) < 4.78 is 66.8. The molecule has 0 aliphatic carbocycles. The van der Waals surface area contributed by atoms with E-state index in [2.05, 4.69) is 15.0 Å². The predicted octanol–water partition coefficient (Wildman–Crippen LogP) is 4.00. The van der Waals surface area contributed by atoms with Crippen LogP contribution in [0.4, 0.5) is 13.2 Å². The monoisotopic (exact) mass is 521 g/mol. The number of piperidine rings is 2. The first kappa shape index (κ1) is 24.8. The molecule has 1 N–H and O–H groups in total. The van der Waals surface area contributed by atoms with Gasteiger partial charge in [0.05, 0.1) is 35.3 Å². The van der Waals surface area contributed by atoms with Crippen molar-refractivity contribution in [3.8, 4) is 0 Å². The van der Waals surface area contributed by atoms with Gasteiger partial charge in [-0.25, -0.2) is 4.98 Å². The maximum atomic E-state index is 13.4. The second kappa shape index (κ2) is 9.56. The molecule has 4 heterocycles. The van der Waals surface area contributed by atoms with Gasteiger partial charge in [0, 0.05) is 37.8 Å². The van der Waals surface area contributed by atoms with Crippen molar-refractivity contribution in [1.82, 2.24) is 24.2 Å². The molecule has 5 rings (SSSR count). The van der Waals surface area contributed by atoms with Crippen molar-refractivity contribution in [1.29, 1.82) is 0 Å². The van der Waals surface area contributed by atoms with Crippen molar-refractivity contribution >= 4 is 27.3 Å². The number of likely N-dealkylation sites (tertiary alicyclic amines) is 1. The average Bonchev–Trinajstić information content (AvgIpc) is 3.32. The van der Waals surface area contributed by atoms with Crippen LogP contribution >= 0.6 is 0 Å². The molecule has 12 heteroatoms. The van der Waals surface area contributed by atoms with E-state index in [-0.39, 0.29) is 24.9 Å². The van der Waals surface area contributed by atoms with Crippen molar-refractivity contribution in [2.75, 3.05) is 26.2 Å². The van der Waals surface area contributed by atoms with E-state index >= 15 is 0 Å². The molecule has 2 aliphatic heterocycles. The fourth-order valence-corrected chi connectivity index (χ4v) is 6.64. The summed E-state index contributed by atoms with van der Waals surface area (Å²) in [6.45, 7) is 1.17. The molecule has 0 spiro atoms. The normalized spacial score (nSPS) is 23.5. The third-order valence-electron chi connectivity index (χ3n) is 6.95. The van der Waals surface area contributed by atoms with Crippen LogP contribution < -0.4 is 0 Å². The largest absolute Gasteiger partial charge is 0.593 e. The fraction of sp³-hybridized carbons (Fsp3) is 0.458. The van der Waals surface area contributed by atoms with Gasteiger partial charge in [-0.15, -0.1) is 4.31 Å². The van der Waals surface area contributed by atoms with Crippen LogP contribution in [0.1, 0.15) is 43.0 Å². The molecule has 2 aliphatic rings. The molecule has 3 unspecified atom stereocenters. The lowest BCUT2D eigenvalue weighted by Crippen LogP contribution is -2.50. The lowest BCUT2D eigenvalue weighted by atomic mass is 9.93. The van der Waals surface area contributed by atoms with Gasteiger partial charge in [0.1, 0.15) is 5.82 Å². The molecule has 192 valence electrons. The number of rotatable bonds is 4. The Kier molecular flexibility index (Phi) is 6.60. The minimum atomic E-state index is -4.65. The number of halogens is 3. The number of amides is 1. The third kappa shape index (κ3) is 4.89. The highest BCUT2D eigenvalue weighted by Gasteiger charge is 2.41. The molecule has 2 aromatic heterocycles. The number of carbonyl (C=O) groups excluding carboxylic acids is 1. The summed E-state index contributed by atoms with van der Waals surface area (Å²) in [5.41, 5.74) is 0.624. The van der Waals surface area contributed by atoms with Gasteiger partial charge in [0.15, 0.2) is 15.3 Å². The Labute approximate surface area is 207 Å². The minimum absolute atomic E-state index is 0.0311. The van der Waals surface area contributed by atoms with Crippen LogP contribution in [0.5, 0.6) is 0 Å². The quantitative estimate of drug-likeness (QED) is 0.523. The van der Waals surface area contributed by atoms with Crippen molar-refractivity contribution in [3.63, 3.8) is 0 Å². The Morgan fingerprint density at radius 2 is 1.94 bits per heavy atom. The number of alkyl halides is 3. The van der Waals surface area contributed by atoms with E-state index in [4.69, 9.17) is 0 Å². The zero-order valence-corrected chi connectivity index (χ0v) is 20.2. The standard InChI is InChI=1S/C24H26F3N5O3S/c25-24(26,27)18-6-1-7-19(12-18)36(34,35)32-11-3-5-17(15-32)23(33)31-10-2-4-16(14-31)22-29-20-8-9-28-13-21(20)30-22/h1,6-9,12-13,16-17H,2-5,10-11,14-15H2,(H-,28,29,30,34,35). The van der Waals surface area contributed by atoms with Gasteiger partial charge in [-0.1, -0.05) is 10.3 Å². The van der Waals surface area contributed by atoms with Crippen molar-refractivity contribution in [2.45, 2.75) is 42.7 Å². The highest BCUT2D eigenvalue weighted by atomic mass is 32.3. The maximum absolute atomic E-state index is 13.4. The van der Waals surface area contributed by atoms with Crippen molar-refractivity contribution in [2.24, 2.45) is 5.92 Å². The molecule has 0 radical (unpaired) electrons. The molecule has 2 fully saturated rings. The van der Waals surface area contributed by atoms with Gasteiger partial charge in [0.25, 0.3) is 0 Å². The summed E-state index contributed by atoms with van der Waals surface area (Å²) in [4.78, 5) is 26.8. The van der Waals surface area contributed by atoms with Crippen LogP contribution in [0.2, 0.25) is 0 Å². The third-order valence-corrected chi connectivity index (χ3v) is 8.82. The maximum Gasteiger partial charge on any atom is 0.416 e. The zero-order valence-electron chi connectivity index (χ0n) is 19.4. The van der Waals surface area contributed by atoms with Crippen molar-refractivity contribution < 1.29 is 26.7 Å². The summed E-state index contributed by atoms with van der Waals surface area (Å²) >= 11 is 0. The molecular formula is C24H26F3N5O3S. The second-order valence-corrected chi connectivity index (χ2v) is 11.3. The first-order chi connectivity index (χ1) is 17.1. The summed E-state index contributed by atoms with van der Waals surface area (Å²) in [7, 11) is -4.17.